The van der Waals surface area contributed by atoms with Crippen molar-refractivity contribution in [2.45, 2.75) is 13.0 Å². The van der Waals surface area contributed by atoms with Gasteiger partial charge in [-0.15, -0.1) is 0 Å². The van der Waals surface area contributed by atoms with E-state index in [0.29, 0.717) is 19.7 Å². The number of guanidine groups is 1. The molecular weight excluding hydrogens is 314 g/mol. The number of hydrogen-bond acceptors (Lipinski definition) is 4. The second-order valence-electron chi connectivity index (χ2n) is 5.77. The van der Waals surface area contributed by atoms with Crippen LogP contribution in [0.2, 0.25) is 0 Å². The maximum absolute atomic E-state index is 11.2. The highest BCUT2D eigenvalue weighted by Gasteiger charge is 2.25. The third-order valence-electron chi connectivity index (χ3n) is 3.87. The van der Waals surface area contributed by atoms with Gasteiger partial charge in [-0.3, -0.25) is 4.99 Å². The third-order valence-corrected chi connectivity index (χ3v) is 4.81. The number of nitrogens with one attached hydrogen (secondary N) is 1. The average molecular weight is 339 g/mol. The number of nitrogens with zero attached hydrogens (tertiary/aromatic N) is 2. The van der Waals surface area contributed by atoms with Crippen LogP contribution in [0.4, 0.5) is 0 Å². The number of ether oxygens (including phenoxy) is 1. The van der Waals surface area contributed by atoms with Gasteiger partial charge in [0.25, 0.3) is 0 Å². The second kappa shape index (κ2) is 7.79. The zero-order valence-corrected chi connectivity index (χ0v) is 14.8. The van der Waals surface area contributed by atoms with Gasteiger partial charge in [0.15, 0.2) is 5.96 Å². The summed E-state index contributed by atoms with van der Waals surface area (Å²) in [5.74, 6) is 0.813. The minimum atomic E-state index is -2.98. The zero-order chi connectivity index (χ0) is 16.9. The molecule has 1 heterocycles. The molecule has 0 radical (unpaired) electrons. The molecule has 6 nitrogen and oxygen atoms in total. The Morgan fingerprint density at radius 1 is 1.43 bits per heavy atom. The highest BCUT2D eigenvalue weighted by atomic mass is 32.2. The summed E-state index contributed by atoms with van der Waals surface area (Å²) >= 11 is 0. The van der Waals surface area contributed by atoms with Crippen LogP contribution in [0.5, 0.6) is 0 Å². The van der Waals surface area contributed by atoms with E-state index < -0.39 is 9.84 Å². The van der Waals surface area contributed by atoms with Crippen molar-refractivity contribution in [3.05, 3.63) is 35.4 Å². The van der Waals surface area contributed by atoms with Crippen molar-refractivity contribution in [2.75, 3.05) is 45.3 Å². The molecule has 1 aromatic rings. The lowest BCUT2D eigenvalue weighted by Gasteiger charge is -2.35. The summed E-state index contributed by atoms with van der Waals surface area (Å²) in [5, 5.41) is 3.12. The Balaban J connectivity index is 2.00. The summed E-state index contributed by atoms with van der Waals surface area (Å²) in [6.45, 7) is 4.49. The number of aryl methyl sites for hydroxylation is 1. The maximum Gasteiger partial charge on any atom is 0.193 e. The molecule has 1 atom stereocenters. The van der Waals surface area contributed by atoms with E-state index in [1.54, 1.807) is 7.05 Å². The molecule has 128 valence electrons. The van der Waals surface area contributed by atoms with E-state index in [-0.39, 0.29) is 11.9 Å². The molecule has 0 saturated carbocycles. The molecule has 1 aliphatic rings. The Kier molecular flexibility index (Phi) is 6.01. The average Bonchev–Trinajstić information content (AvgIpc) is 2.51. The van der Waals surface area contributed by atoms with E-state index in [2.05, 4.69) is 34.3 Å². The van der Waals surface area contributed by atoms with Gasteiger partial charge < -0.3 is 15.0 Å². The lowest BCUT2D eigenvalue weighted by atomic mass is 10.0. The van der Waals surface area contributed by atoms with Gasteiger partial charge in [0, 0.05) is 26.4 Å². The van der Waals surface area contributed by atoms with Gasteiger partial charge in [0.1, 0.15) is 15.9 Å². The quantitative estimate of drug-likeness (QED) is 0.654. The Morgan fingerprint density at radius 3 is 2.83 bits per heavy atom. The van der Waals surface area contributed by atoms with Crippen LogP contribution in [0.25, 0.3) is 0 Å². The molecule has 1 unspecified atom stereocenters. The molecule has 0 aromatic heterocycles. The standard InChI is InChI=1S/C16H25N3O3S/c1-13-6-4-5-7-14(13)15-12-19(9-10-22-15)16(17-2)18-8-11-23(3,20)21/h4-7,15H,8-12H2,1-3H3,(H,17,18). The van der Waals surface area contributed by atoms with Crippen molar-refractivity contribution in [1.82, 2.24) is 10.2 Å². The van der Waals surface area contributed by atoms with Crippen molar-refractivity contribution in [1.29, 1.82) is 0 Å². The van der Waals surface area contributed by atoms with Crippen LogP contribution in [0.3, 0.4) is 0 Å². The fourth-order valence-electron chi connectivity index (χ4n) is 2.66. The smallest absolute Gasteiger partial charge is 0.193 e. The van der Waals surface area contributed by atoms with Crippen LogP contribution in [0.1, 0.15) is 17.2 Å². The summed E-state index contributed by atoms with van der Waals surface area (Å²) < 4.78 is 28.4. The summed E-state index contributed by atoms with van der Waals surface area (Å²) in [7, 11) is -1.27. The van der Waals surface area contributed by atoms with Crippen molar-refractivity contribution < 1.29 is 13.2 Å². The normalized spacial score (nSPS) is 19.7. The van der Waals surface area contributed by atoms with Crippen LogP contribution in [-0.2, 0) is 14.6 Å². The molecule has 0 spiro atoms. The first kappa shape index (κ1) is 17.7. The lowest BCUT2D eigenvalue weighted by Crippen LogP contribution is -2.49. The first-order valence-electron chi connectivity index (χ1n) is 7.71. The van der Waals surface area contributed by atoms with Gasteiger partial charge >= 0.3 is 0 Å². The number of sulfone groups is 1. The lowest BCUT2D eigenvalue weighted by molar-refractivity contribution is -0.00827. The van der Waals surface area contributed by atoms with E-state index in [0.717, 1.165) is 12.5 Å². The number of rotatable bonds is 4. The highest BCUT2D eigenvalue weighted by Crippen LogP contribution is 2.24. The Bertz CT molecular complexity index is 658. The van der Waals surface area contributed by atoms with Crippen LogP contribution in [0, 0.1) is 6.92 Å². The summed E-state index contributed by atoms with van der Waals surface area (Å²) in [6, 6.07) is 8.20. The molecule has 7 heteroatoms. The Hall–Kier alpha value is -1.60. The molecule has 1 aliphatic heterocycles. The van der Waals surface area contributed by atoms with E-state index in [4.69, 9.17) is 4.74 Å². The topological polar surface area (TPSA) is 71.0 Å². The molecule has 1 aromatic carbocycles. The first-order chi connectivity index (χ1) is 10.9. The predicted molar refractivity (Wildman–Crippen MR) is 92.5 cm³/mol. The SMILES string of the molecule is CN=C(NCCS(C)(=O)=O)N1CCOC(c2ccccc2C)C1. The van der Waals surface area contributed by atoms with Gasteiger partial charge in [-0.1, -0.05) is 24.3 Å². The monoisotopic (exact) mass is 339 g/mol. The first-order valence-corrected chi connectivity index (χ1v) is 9.77. The summed E-state index contributed by atoms with van der Waals surface area (Å²) in [6.07, 6.45) is 1.24. The molecule has 0 bridgehead atoms. The minimum Gasteiger partial charge on any atom is -0.370 e. The number of morpholine rings is 1. The van der Waals surface area contributed by atoms with Crippen LogP contribution in [0.15, 0.2) is 29.3 Å². The van der Waals surface area contributed by atoms with Crippen LogP contribution < -0.4 is 5.32 Å². The zero-order valence-electron chi connectivity index (χ0n) is 13.9. The van der Waals surface area contributed by atoms with Crippen molar-refractivity contribution in [3.63, 3.8) is 0 Å². The number of benzene rings is 1. The molecule has 23 heavy (non-hydrogen) atoms. The number of hydrogen-bond donors (Lipinski definition) is 1. The summed E-state index contributed by atoms with van der Waals surface area (Å²) in [4.78, 5) is 6.38. The molecule has 1 N–H and O–H groups in total. The van der Waals surface area contributed by atoms with E-state index in [1.165, 1.54) is 17.4 Å². The molecular formula is C16H25N3O3S. The fraction of sp³-hybridized carbons (Fsp3) is 0.562. The van der Waals surface area contributed by atoms with Crippen molar-refractivity contribution in [3.8, 4) is 0 Å². The van der Waals surface area contributed by atoms with E-state index >= 15 is 0 Å². The molecule has 0 amide bonds. The van der Waals surface area contributed by atoms with Gasteiger partial charge in [-0.05, 0) is 18.1 Å². The van der Waals surface area contributed by atoms with Gasteiger partial charge in [-0.25, -0.2) is 8.42 Å². The molecule has 2 rings (SSSR count). The fourth-order valence-corrected chi connectivity index (χ4v) is 3.13. The number of aliphatic imine (C=N–C) groups is 1. The largest absolute Gasteiger partial charge is 0.370 e. The van der Waals surface area contributed by atoms with Crippen molar-refractivity contribution >= 4 is 15.8 Å². The molecule has 0 aliphatic carbocycles. The van der Waals surface area contributed by atoms with Gasteiger partial charge in [-0.2, -0.15) is 0 Å². The highest BCUT2D eigenvalue weighted by molar-refractivity contribution is 7.90. The molecule has 1 fully saturated rings. The predicted octanol–water partition coefficient (Wildman–Crippen LogP) is 0.988. The Labute approximate surface area is 138 Å². The van der Waals surface area contributed by atoms with Crippen LogP contribution in [-0.4, -0.2) is 64.6 Å². The summed E-state index contributed by atoms with van der Waals surface area (Å²) in [5.41, 5.74) is 2.39. The van der Waals surface area contributed by atoms with Gasteiger partial charge in [0.05, 0.1) is 18.9 Å². The van der Waals surface area contributed by atoms with Crippen LogP contribution >= 0.6 is 0 Å². The van der Waals surface area contributed by atoms with Gasteiger partial charge in [0.2, 0.25) is 0 Å². The van der Waals surface area contributed by atoms with Crippen molar-refractivity contribution in [2.24, 2.45) is 4.99 Å². The maximum atomic E-state index is 11.2. The Morgan fingerprint density at radius 2 is 2.17 bits per heavy atom. The van der Waals surface area contributed by atoms with E-state index in [9.17, 15) is 8.42 Å². The minimum absolute atomic E-state index is 0.00147. The molecule has 1 saturated heterocycles. The third kappa shape index (κ3) is 5.21. The van der Waals surface area contributed by atoms with E-state index in [1.807, 2.05) is 12.1 Å². The second-order valence-corrected chi connectivity index (χ2v) is 8.03.